The summed E-state index contributed by atoms with van der Waals surface area (Å²) in [6, 6.07) is 21.3. The molecule has 3 aromatic rings. The Hall–Kier alpha value is -3.59. The monoisotopic (exact) mass is 436 g/mol. The Morgan fingerprint density at radius 1 is 0.933 bits per heavy atom. The molecule has 0 saturated carbocycles. The van der Waals surface area contributed by atoms with E-state index in [1.165, 1.54) is 12.1 Å². The van der Waals surface area contributed by atoms with Crippen LogP contribution in [-0.4, -0.2) is 11.9 Å². The molecule has 3 aromatic carbocycles. The van der Waals surface area contributed by atoms with E-state index in [-0.39, 0.29) is 5.57 Å². The lowest BCUT2D eigenvalue weighted by Crippen LogP contribution is -2.13. The zero-order chi connectivity index (χ0) is 21.5. The number of rotatable bonds is 5. The number of nitrogens with zero attached hydrogens (tertiary/aromatic N) is 1. The first kappa shape index (κ1) is 21.1. The first-order chi connectivity index (χ1) is 14.4. The number of nitriles is 1. The number of esters is 1. The van der Waals surface area contributed by atoms with Crippen LogP contribution < -0.4 is 10.1 Å². The molecule has 0 heterocycles. The number of carbonyl (C=O) groups is 2. The van der Waals surface area contributed by atoms with Crippen LogP contribution in [0.4, 0.5) is 5.69 Å². The van der Waals surface area contributed by atoms with E-state index in [0.717, 1.165) is 0 Å². The maximum atomic E-state index is 12.3. The number of hydrogen-bond acceptors (Lipinski definition) is 4. The van der Waals surface area contributed by atoms with Crippen LogP contribution in [0.1, 0.15) is 15.9 Å². The summed E-state index contributed by atoms with van der Waals surface area (Å²) in [5.74, 6) is -0.783. The molecule has 7 heteroatoms. The predicted molar refractivity (Wildman–Crippen MR) is 117 cm³/mol. The Morgan fingerprint density at radius 2 is 1.60 bits per heavy atom. The van der Waals surface area contributed by atoms with Crippen molar-refractivity contribution in [3.63, 3.8) is 0 Å². The minimum absolute atomic E-state index is 0.0846. The van der Waals surface area contributed by atoms with Gasteiger partial charge in [0.25, 0.3) is 5.91 Å². The second-order valence-electron chi connectivity index (χ2n) is 6.10. The summed E-state index contributed by atoms with van der Waals surface area (Å²) in [5, 5.41) is 12.9. The smallest absolute Gasteiger partial charge is 0.343 e. The Balaban J connectivity index is 1.69. The molecule has 30 heavy (non-hydrogen) atoms. The van der Waals surface area contributed by atoms with E-state index in [2.05, 4.69) is 5.32 Å². The number of anilines is 1. The molecular formula is C23H14Cl2N2O3. The maximum Gasteiger partial charge on any atom is 0.343 e. The van der Waals surface area contributed by atoms with Gasteiger partial charge < -0.3 is 10.1 Å². The van der Waals surface area contributed by atoms with Crippen molar-refractivity contribution in [3.8, 4) is 11.8 Å². The van der Waals surface area contributed by atoms with Crippen molar-refractivity contribution in [3.05, 3.63) is 99.5 Å². The van der Waals surface area contributed by atoms with Gasteiger partial charge in [0.15, 0.2) is 0 Å². The second kappa shape index (κ2) is 9.75. The lowest BCUT2D eigenvalue weighted by atomic mass is 10.1. The van der Waals surface area contributed by atoms with Crippen molar-refractivity contribution in [2.45, 2.75) is 0 Å². The Kier molecular flexibility index (Phi) is 6.87. The first-order valence-electron chi connectivity index (χ1n) is 8.71. The van der Waals surface area contributed by atoms with Crippen LogP contribution in [0.2, 0.25) is 10.0 Å². The van der Waals surface area contributed by atoms with Gasteiger partial charge in [-0.25, -0.2) is 4.79 Å². The van der Waals surface area contributed by atoms with Gasteiger partial charge in [-0.3, -0.25) is 4.79 Å². The van der Waals surface area contributed by atoms with Gasteiger partial charge in [-0.2, -0.15) is 5.26 Å². The highest BCUT2D eigenvalue weighted by atomic mass is 35.5. The zero-order valence-corrected chi connectivity index (χ0v) is 16.9. The summed E-state index contributed by atoms with van der Waals surface area (Å²) in [4.78, 5) is 24.5. The van der Waals surface area contributed by atoms with E-state index in [1.807, 2.05) is 6.07 Å². The van der Waals surface area contributed by atoms with E-state index >= 15 is 0 Å². The molecule has 0 spiro atoms. The van der Waals surface area contributed by atoms with Gasteiger partial charge in [0, 0.05) is 15.7 Å². The predicted octanol–water partition coefficient (Wildman–Crippen LogP) is 5.76. The molecule has 0 saturated heterocycles. The standard InChI is InChI=1S/C23H14Cl2N2O3/c24-18-4-1-3-16(12-18)23(29)30-21-9-7-15(8-10-21)11-17(14-26)22(28)27-20-6-2-5-19(25)13-20/h1-13H,(H,27,28)/b17-11+. The number of benzene rings is 3. The quantitative estimate of drug-likeness (QED) is 0.238. The van der Waals surface area contributed by atoms with Gasteiger partial charge in [-0.15, -0.1) is 0 Å². The normalized spacial score (nSPS) is 10.8. The summed E-state index contributed by atoms with van der Waals surface area (Å²) in [6.07, 6.45) is 1.43. The topological polar surface area (TPSA) is 79.2 Å². The maximum absolute atomic E-state index is 12.3. The van der Waals surface area contributed by atoms with Gasteiger partial charge in [-0.05, 0) is 60.2 Å². The summed E-state index contributed by atoms with van der Waals surface area (Å²) < 4.78 is 5.30. The Labute approximate surface area is 183 Å². The van der Waals surface area contributed by atoms with Crippen LogP contribution >= 0.6 is 23.2 Å². The SMILES string of the molecule is N#C/C(=C\c1ccc(OC(=O)c2cccc(Cl)c2)cc1)C(=O)Nc1cccc(Cl)c1. The highest BCUT2D eigenvalue weighted by Gasteiger charge is 2.11. The number of amides is 1. The third-order valence-electron chi connectivity index (χ3n) is 3.91. The van der Waals surface area contributed by atoms with Gasteiger partial charge in [0.1, 0.15) is 17.4 Å². The minimum atomic E-state index is -0.559. The Morgan fingerprint density at radius 3 is 2.23 bits per heavy atom. The first-order valence-corrected chi connectivity index (χ1v) is 9.47. The molecule has 0 aromatic heterocycles. The van der Waals surface area contributed by atoms with Gasteiger partial charge in [0.2, 0.25) is 0 Å². The molecule has 1 N–H and O–H groups in total. The summed E-state index contributed by atoms with van der Waals surface area (Å²) in [5.41, 5.74) is 1.32. The molecule has 0 atom stereocenters. The van der Waals surface area contributed by atoms with Crippen LogP contribution in [0.25, 0.3) is 6.08 Å². The van der Waals surface area contributed by atoms with E-state index < -0.39 is 11.9 Å². The third-order valence-corrected chi connectivity index (χ3v) is 4.38. The van der Waals surface area contributed by atoms with Gasteiger partial charge in [-0.1, -0.05) is 47.5 Å². The molecular weight excluding hydrogens is 423 g/mol. The molecule has 0 aliphatic rings. The third kappa shape index (κ3) is 5.71. The van der Waals surface area contributed by atoms with Gasteiger partial charge >= 0.3 is 5.97 Å². The van der Waals surface area contributed by atoms with Crippen molar-refractivity contribution in [1.82, 2.24) is 0 Å². The lowest BCUT2D eigenvalue weighted by molar-refractivity contribution is -0.112. The van der Waals surface area contributed by atoms with Crippen LogP contribution in [0, 0.1) is 11.3 Å². The van der Waals surface area contributed by atoms with E-state index in [9.17, 15) is 14.9 Å². The number of carbonyl (C=O) groups excluding carboxylic acids is 2. The van der Waals surface area contributed by atoms with E-state index in [4.69, 9.17) is 27.9 Å². The average Bonchev–Trinajstić information content (AvgIpc) is 2.73. The molecule has 3 rings (SSSR count). The molecule has 148 valence electrons. The summed E-state index contributed by atoms with van der Waals surface area (Å²) in [7, 11) is 0. The molecule has 1 amide bonds. The number of ether oxygens (including phenoxy) is 1. The number of halogens is 2. The molecule has 0 fully saturated rings. The van der Waals surface area contributed by atoms with Crippen LogP contribution in [0.3, 0.4) is 0 Å². The number of nitrogens with one attached hydrogen (secondary N) is 1. The molecule has 0 aliphatic carbocycles. The minimum Gasteiger partial charge on any atom is -0.423 e. The number of hydrogen-bond donors (Lipinski definition) is 1. The van der Waals surface area contributed by atoms with Crippen LogP contribution in [-0.2, 0) is 4.79 Å². The molecule has 0 unspecified atom stereocenters. The van der Waals surface area contributed by atoms with Crippen LogP contribution in [0.5, 0.6) is 5.75 Å². The highest BCUT2D eigenvalue weighted by Crippen LogP contribution is 2.19. The van der Waals surface area contributed by atoms with E-state index in [1.54, 1.807) is 66.7 Å². The summed E-state index contributed by atoms with van der Waals surface area (Å²) in [6.45, 7) is 0. The van der Waals surface area contributed by atoms with Crippen LogP contribution in [0.15, 0.2) is 78.4 Å². The van der Waals surface area contributed by atoms with E-state index in [0.29, 0.717) is 32.6 Å². The fourth-order valence-corrected chi connectivity index (χ4v) is 2.87. The zero-order valence-electron chi connectivity index (χ0n) is 15.4. The lowest BCUT2D eigenvalue weighted by Gasteiger charge is -2.06. The van der Waals surface area contributed by atoms with Crippen molar-refractivity contribution in [2.75, 3.05) is 5.32 Å². The van der Waals surface area contributed by atoms with Gasteiger partial charge in [0.05, 0.1) is 5.56 Å². The molecule has 5 nitrogen and oxygen atoms in total. The van der Waals surface area contributed by atoms with Crippen molar-refractivity contribution in [1.29, 1.82) is 5.26 Å². The Bertz CT molecular complexity index is 1170. The van der Waals surface area contributed by atoms with Crippen molar-refractivity contribution in [2.24, 2.45) is 0 Å². The molecule has 0 bridgehead atoms. The fraction of sp³-hybridized carbons (Fsp3) is 0. The second-order valence-corrected chi connectivity index (χ2v) is 6.98. The van der Waals surface area contributed by atoms with Crippen molar-refractivity contribution >= 4 is 46.8 Å². The van der Waals surface area contributed by atoms with Crippen molar-refractivity contribution < 1.29 is 14.3 Å². The molecule has 0 aliphatic heterocycles. The largest absolute Gasteiger partial charge is 0.423 e. The average molecular weight is 437 g/mol. The molecule has 0 radical (unpaired) electrons. The summed E-state index contributed by atoms with van der Waals surface area (Å²) >= 11 is 11.8. The fourth-order valence-electron chi connectivity index (χ4n) is 2.49. The highest BCUT2D eigenvalue weighted by molar-refractivity contribution is 6.31.